The summed E-state index contributed by atoms with van der Waals surface area (Å²) in [6.07, 6.45) is 1.52. The molecule has 2 unspecified atom stereocenters. The van der Waals surface area contributed by atoms with E-state index in [0.717, 1.165) is 27.8 Å². The molecule has 2 atom stereocenters. The Bertz CT molecular complexity index is 1980. The third kappa shape index (κ3) is 7.79. The van der Waals surface area contributed by atoms with E-state index in [1.54, 1.807) is 9.80 Å². The average molecular weight is 675 g/mol. The standard InChI is InChI=1S/C35H36N2O8S2/c1-2-25(21-34-36(17-19-46(38,39)40)30-23-28(13-15-32(30)44-34)26-9-5-3-6-10-26)22-35-37(18-20-47(41,42)43)31-24-29(14-16-33(31)45-35)27-11-7-4-8-12-27/h3-16,21,23-24,34-35H,2,17-20,22H2,1H3,(H,38,39,40)(H,41,42,43)/p-2/b25-21-. The predicted octanol–water partition coefficient (Wildman–Crippen LogP) is 5.59. The minimum Gasteiger partial charge on any atom is -0.748 e. The van der Waals surface area contributed by atoms with Gasteiger partial charge in [0.2, 0.25) is 0 Å². The molecule has 4 aromatic rings. The van der Waals surface area contributed by atoms with Gasteiger partial charge in [-0.2, -0.15) is 0 Å². The average Bonchev–Trinajstić information content (AvgIpc) is 3.58. The Morgan fingerprint density at radius 3 is 1.68 bits per heavy atom. The van der Waals surface area contributed by atoms with Gasteiger partial charge in [0.05, 0.1) is 43.1 Å². The van der Waals surface area contributed by atoms with E-state index in [4.69, 9.17) is 9.47 Å². The summed E-state index contributed by atoms with van der Waals surface area (Å²) in [5.74, 6) is -0.0482. The fourth-order valence-electron chi connectivity index (χ4n) is 5.96. The number of fused-ring (bicyclic) bond motifs is 2. The van der Waals surface area contributed by atoms with E-state index in [2.05, 4.69) is 0 Å². The number of hydrogen-bond acceptors (Lipinski definition) is 10. The van der Waals surface area contributed by atoms with Crippen molar-refractivity contribution in [3.8, 4) is 33.8 Å². The van der Waals surface area contributed by atoms with Crippen LogP contribution in [0.5, 0.6) is 11.5 Å². The van der Waals surface area contributed by atoms with Gasteiger partial charge < -0.3 is 28.4 Å². The Balaban J connectivity index is 1.29. The molecule has 47 heavy (non-hydrogen) atoms. The number of benzene rings is 4. The van der Waals surface area contributed by atoms with Gasteiger partial charge in [0.1, 0.15) is 11.5 Å². The van der Waals surface area contributed by atoms with Gasteiger partial charge in [-0.3, -0.25) is 0 Å². The summed E-state index contributed by atoms with van der Waals surface area (Å²) in [7, 11) is -9.00. The van der Waals surface area contributed by atoms with Crippen molar-refractivity contribution >= 4 is 31.6 Å². The molecular formula is C35H34N2O8S2-2. The Morgan fingerprint density at radius 1 is 0.681 bits per heavy atom. The van der Waals surface area contributed by atoms with Crippen LogP contribution in [0.4, 0.5) is 11.4 Å². The highest BCUT2D eigenvalue weighted by molar-refractivity contribution is 7.85. The zero-order chi connectivity index (χ0) is 33.2. The van der Waals surface area contributed by atoms with Gasteiger partial charge in [0, 0.05) is 19.5 Å². The van der Waals surface area contributed by atoms with Crippen LogP contribution in [-0.4, -0.2) is 63.0 Å². The van der Waals surface area contributed by atoms with Crippen LogP contribution in [0.1, 0.15) is 19.8 Å². The molecule has 0 fully saturated rings. The summed E-state index contributed by atoms with van der Waals surface area (Å²) in [5, 5.41) is 0. The lowest BCUT2D eigenvalue weighted by molar-refractivity contribution is 0.222. The fourth-order valence-corrected chi connectivity index (χ4v) is 6.80. The number of nitrogens with zero attached hydrogens (tertiary/aromatic N) is 2. The fraction of sp³-hybridized carbons (Fsp3) is 0.257. The molecule has 0 spiro atoms. The maximum absolute atomic E-state index is 11.7. The van der Waals surface area contributed by atoms with E-state index >= 15 is 0 Å². The normalized spacial score (nSPS) is 17.6. The highest BCUT2D eigenvalue weighted by Gasteiger charge is 2.34. The Hall–Kier alpha value is -4.36. The SMILES string of the molecule is CC/C(=C/C1Oc2ccc(-c3ccccc3)cc2N1CCS(=O)(=O)[O-])CC1Oc2ccc(-c3ccccc3)cc2N1CCS(=O)(=O)[O-]. The topological polar surface area (TPSA) is 139 Å². The largest absolute Gasteiger partial charge is 0.748 e. The lowest BCUT2D eigenvalue weighted by Gasteiger charge is -2.28. The first kappa shape index (κ1) is 32.6. The van der Waals surface area contributed by atoms with Gasteiger partial charge >= 0.3 is 0 Å². The Labute approximate surface area is 275 Å². The van der Waals surface area contributed by atoms with Gasteiger partial charge in [0.15, 0.2) is 12.5 Å². The molecule has 0 aliphatic carbocycles. The van der Waals surface area contributed by atoms with Crippen LogP contribution in [0.15, 0.2) is 109 Å². The molecule has 0 radical (unpaired) electrons. The predicted molar refractivity (Wildman–Crippen MR) is 179 cm³/mol. The third-order valence-corrected chi connectivity index (χ3v) is 9.72. The van der Waals surface area contributed by atoms with E-state index < -0.39 is 44.2 Å². The molecule has 246 valence electrons. The highest BCUT2D eigenvalue weighted by Crippen LogP contribution is 2.43. The minimum absolute atomic E-state index is 0.0557. The zero-order valence-corrected chi connectivity index (χ0v) is 27.3. The molecule has 0 bridgehead atoms. The van der Waals surface area contributed by atoms with Crippen molar-refractivity contribution in [2.24, 2.45) is 0 Å². The second-order valence-corrected chi connectivity index (χ2v) is 14.5. The number of hydrogen-bond donors (Lipinski definition) is 0. The van der Waals surface area contributed by atoms with Crippen molar-refractivity contribution < 1.29 is 35.4 Å². The molecule has 6 rings (SSSR count). The molecule has 0 saturated heterocycles. The second kappa shape index (κ2) is 13.4. The van der Waals surface area contributed by atoms with Crippen LogP contribution in [0.3, 0.4) is 0 Å². The van der Waals surface area contributed by atoms with Crippen LogP contribution < -0.4 is 19.3 Å². The molecule has 2 aliphatic heterocycles. The maximum atomic E-state index is 11.7. The third-order valence-electron chi connectivity index (χ3n) is 8.35. The van der Waals surface area contributed by atoms with Crippen LogP contribution in [0.2, 0.25) is 0 Å². The monoisotopic (exact) mass is 674 g/mol. The van der Waals surface area contributed by atoms with Crippen LogP contribution in [0, 0.1) is 0 Å². The first-order valence-corrected chi connectivity index (χ1v) is 18.4. The van der Waals surface area contributed by atoms with Crippen molar-refractivity contribution in [1.29, 1.82) is 0 Å². The molecule has 2 heterocycles. The lowest BCUT2D eigenvalue weighted by Crippen LogP contribution is -2.39. The van der Waals surface area contributed by atoms with Crippen molar-refractivity contribution in [3.63, 3.8) is 0 Å². The molecule has 0 amide bonds. The van der Waals surface area contributed by atoms with E-state index in [9.17, 15) is 25.9 Å². The van der Waals surface area contributed by atoms with Gasteiger partial charge in [-0.15, -0.1) is 0 Å². The van der Waals surface area contributed by atoms with Crippen molar-refractivity contribution in [2.75, 3.05) is 34.4 Å². The number of ether oxygens (including phenoxy) is 2. The van der Waals surface area contributed by atoms with Crippen LogP contribution in [-0.2, 0) is 20.2 Å². The number of rotatable bonds is 12. The molecule has 0 N–H and O–H groups in total. The summed E-state index contributed by atoms with van der Waals surface area (Å²) in [5.41, 5.74) is 6.07. The quantitative estimate of drug-likeness (QED) is 0.138. The summed E-state index contributed by atoms with van der Waals surface area (Å²) in [6.45, 7) is 1.84. The zero-order valence-electron chi connectivity index (χ0n) is 25.7. The van der Waals surface area contributed by atoms with E-state index in [0.29, 0.717) is 35.7 Å². The van der Waals surface area contributed by atoms with Crippen molar-refractivity contribution in [1.82, 2.24) is 0 Å². The molecule has 12 heteroatoms. The molecular weight excluding hydrogens is 641 g/mol. The minimum atomic E-state index is -4.50. The van der Waals surface area contributed by atoms with Crippen LogP contribution >= 0.6 is 0 Å². The summed E-state index contributed by atoms with van der Waals surface area (Å²) >= 11 is 0. The first-order valence-electron chi connectivity index (χ1n) is 15.3. The molecule has 0 saturated carbocycles. The summed E-state index contributed by atoms with van der Waals surface area (Å²) in [6, 6.07) is 30.9. The van der Waals surface area contributed by atoms with E-state index in [1.165, 1.54) is 0 Å². The van der Waals surface area contributed by atoms with E-state index in [1.807, 2.05) is 110 Å². The second-order valence-electron chi connectivity index (χ2n) is 11.5. The Morgan fingerprint density at radius 2 is 1.17 bits per heavy atom. The molecule has 10 nitrogen and oxygen atoms in total. The summed E-state index contributed by atoms with van der Waals surface area (Å²) < 4.78 is 82.7. The van der Waals surface area contributed by atoms with Gasteiger partial charge in [-0.05, 0) is 59.0 Å². The first-order chi connectivity index (χ1) is 22.5. The van der Waals surface area contributed by atoms with Crippen molar-refractivity contribution in [2.45, 2.75) is 32.2 Å². The summed E-state index contributed by atoms with van der Waals surface area (Å²) in [4.78, 5) is 3.57. The van der Waals surface area contributed by atoms with E-state index in [-0.39, 0.29) is 13.1 Å². The molecule has 0 aromatic heterocycles. The molecule has 4 aromatic carbocycles. The lowest BCUT2D eigenvalue weighted by atomic mass is 10.0. The van der Waals surface area contributed by atoms with Crippen LogP contribution in [0.25, 0.3) is 22.3 Å². The smallest absolute Gasteiger partial charge is 0.192 e. The van der Waals surface area contributed by atoms with Crippen molar-refractivity contribution in [3.05, 3.63) is 109 Å². The Kier molecular flexibility index (Phi) is 9.29. The van der Waals surface area contributed by atoms with Gasteiger partial charge in [-0.25, -0.2) is 16.8 Å². The number of anilines is 2. The van der Waals surface area contributed by atoms with Gasteiger partial charge in [0.25, 0.3) is 0 Å². The van der Waals surface area contributed by atoms with Gasteiger partial charge in [-0.1, -0.05) is 85.3 Å². The highest BCUT2D eigenvalue weighted by atomic mass is 32.2. The molecule has 2 aliphatic rings. The maximum Gasteiger partial charge on any atom is 0.192 e.